The molecule has 3 rings (SSSR count). The molecule has 0 aromatic carbocycles. The summed E-state index contributed by atoms with van der Waals surface area (Å²) in [5, 5.41) is 11.0. The predicted octanol–water partition coefficient (Wildman–Crippen LogP) is 3.43. The minimum Gasteiger partial charge on any atom is -0.350 e. The third-order valence-electron chi connectivity index (χ3n) is 4.80. The summed E-state index contributed by atoms with van der Waals surface area (Å²) in [5.74, 6) is 1.64. The van der Waals surface area contributed by atoms with E-state index < -0.39 is 0 Å². The Balaban J connectivity index is 0.00000261. The third-order valence-corrected chi connectivity index (χ3v) is 5.65. The van der Waals surface area contributed by atoms with Gasteiger partial charge in [-0.1, -0.05) is 20.8 Å². The molecule has 0 amide bonds. The summed E-state index contributed by atoms with van der Waals surface area (Å²) in [7, 11) is 3.83. The van der Waals surface area contributed by atoms with Crippen molar-refractivity contribution in [1.29, 1.82) is 0 Å². The van der Waals surface area contributed by atoms with Gasteiger partial charge in [-0.15, -0.1) is 35.3 Å². The third kappa shape index (κ3) is 5.91. The second-order valence-corrected chi connectivity index (χ2v) is 9.05. The molecular formula is C19H31IN6S. The lowest BCUT2D eigenvalue weighted by atomic mass is 9.93. The van der Waals surface area contributed by atoms with Gasteiger partial charge in [0.1, 0.15) is 5.01 Å². The molecule has 27 heavy (non-hydrogen) atoms. The summed E-state index contributed by atoms with van der Waals surface area (Å²) in [5.41, 5.74) is 2.58. The van der Waals surface area contributed by atoms with Crippen molar-refractivity contribution in [1.82, 2.24) is 25.0 Å². The zero-order valence-electron chi connectivity index (χ0n) is 16.9. The first-order valence-corrected chi connectivity index (χ1v) is 10.1. The van der Waals surface area contributed by atoms with E-state index in [-0.39, 0.29) is 29.4 Å². The number of nitrogens with one attached hydrogen (secondary N) is 1. The van der Waals surface area contributed by atoms with Crippen molar-refractivity contribution in [3.63, 3.8) is 0 Å². The van der Waals surface area contributed by atoms with Crippen molar-refractivity contribution in [3.05, 3.63) is 34.0 Å². The van der Waals surface area contributed by atoms with E-state index in [4.69, 9.17) is 4.98 Å². The Labute approximate surface area is 183 Å². The largest absolute Gasteiger partial charge is 0.350 e. The van der Waals surface area contributed by atoms with E-state index >= 15 is 0 Å². The van der Waals surface area contributed by atoms with E-state index in [0.717, 1.165) is 42.7 Å². The van der Waals surface area contributed by atoms with Crippen molar-refractivity contribution in [3.8, 4) is 0 Å². The van der Waals surface area contributed by atoms with Crippen LogP contribution in [-0.4, -0.2) is 45.8 Å². The second-order valence-electron chi connectivity index (χ2n) is 8.10. The predicted molar refractivity (Wildman–Crippen MR) is 123 cm³/mol. The van der Waals surface area contributed by atoms with E-state index in [0.29, 0.717) is 5.92 Å². The number of aliphatic imine (C=N–C) groups is 1. The minimum absolute atomic E-state index is 0. The number of hydrogen-bond acceptors (Lipinski definition) is 4. The number of guanidine groups is 1. The van der Waals surface area contributed by atoms with Gasteiger partial charge >= 0.3 is 0 Å². The molecule has 1 fully saturated rings. The number of rotatable bonds is 4. The van der Waals surface area contributed by atoms with Crippen LogP contribution in [0.1, 0.15) is 43.5 Å². The molecule has 1 atom stereocenters. The summed E-state index contributed by atoms with van der Waals surface area (Å²) in [6.45, 7) is 9.42. The fourth-order valence-electron chi connectivity index (χ4n) is 3.33. The van der Waals surface area contributed by atoms with Gasteiger partial charge in [-0.2, -0.15) is 5.10 Å². The molecule has 1 saturated heterocycles. The van der Waals surface area contributed by atoms with Gasteiger partial charge in [0.15, 0.2) is 5.96 Å². The van der Waals surface area contributed by atoms with Gasteiger partial charge in [0, 0.05) is 44.2 Å². The lowest BCUT2D eigenvalue weighted by Crippen LogP contribution is -2.39. The van der Waals surface area contributed by atoms with Crippen LogP contribution >= 0.6 is 35.3 Å². The first-order chi connectivity index (χ1) is 12.3. The Morgan fingerprint density at radius 2 is 2.19 bits per heavy atom. The molecular weight excluding hydrogens is 471 g/mol. The monoisotopic (exact) mass is 502 g/mol. The standard InChI is InChI=1S/C19H30N6S.HI/c1-19(2,3)16-13-26-17(23-16)10-21-18(20-4)25-7-6-14(12-25)8-15-9-22-24(5)11-15;/h9,11,13-14H,6-8,10,12H2,1-5H3,(H,20,21);1H. The zero-order chi connectivity index (χ0) is 18.7. The molecule has 150 valence electrons. The van der Waals surface area contributed by atoms with Gasteiger partial charge in [-0.05, 0) is 24.3 Å². The maximum absolute atomic E-state index is 4.76. The van der Waals surface area contributed by atoms with Crippen LogP contribution in [0.4, 0.5) is 0 Å². The van der Waals surface area contributed by atoms with Crippen molar-refractivity contribution < 1.29 is 0 Å². The first-order valence-electron chi connectivity index (χ1n) is 9.23. The molecule has 0 saturated carbocycles. The molecule has 0 bridgehead atoms. The van der Waals surface area contributed by atoms with E-state index in [1.54, 1.807) is 11.3 Å². The second kappa shape index (κ2) is 9.36. The summed E-state index contributed by atoms with van der Waals surface area (Å²) >= 11 is 1.72. The molecule has 1 aliphatic rings. The van der Waals surface area contributed by atoms with Crippen molar-refractivity contribution in [2.75, 3.05) is 20.1 Å². The maximum Gasteiger partial charge on any atom is 0.194 e. The molecule has 0 aliphatic carbocycles. The van der Waals surface area contributed by atoms with Gasteiger partial charge in [0.2, 0.25) is 0 Å². The summed E-state index contributed by atoms with van der Waals surface area (Å²) < 4.78 is 1.88. The Morgan fingerprint density at radius 3 is 2.78 bits per heavy atom. The maximum atomic E-state index is 4.76. The van der Waals surface area contributed by atoms with Crippen molar-refractivity contribution in [2.45, 2.75) is 45.6 Å². The first kappa shape index (κ1) is 22.1. The molecule has 0 spiro atoms. The van der Waals surface area contributed by atoms with Crippen LogP contribution in [0.25, 0.3) is 0 Å². The number of aromatic nitrogens is 3. The van der Waals surface area contributed by atoms with Crippen LogP contribution < -0.4 is 5.32 Å². The molecule has 1 unspecified atom stereocenters. The van der Waals surface area contributed by atoms with Crippen LogP contribution in [0, 0.1) is 5.92 Å². The number of thiazole rings is 1. The van der Waals surface area contributed by atoms with Crippen LogP contribution in [0.15, 0.2) is 22.8 Å². The molecule has 1 N–H and O–H groups in total. The lowest BCUT2D eigenvalue weighted by molar-refractivity contribution is 0.459. The van der Waals surface area contributed by atoms with Gasteiger partial charge in [-0.25, -0.2) is 4.98 Å². The summed E-state index contributed by atoms with van der Waals surface area (Å²) in [6, 6.07) is 0. The lowest BCUT2D eigenvalue weighted by Gasteiger charge is -2.21. The van der Waals surface area contributed by atoms with Crippen LogP contribution in [-0.2, 0) is 25.4 Å². The highest BCUT2D eigenvalue weighted by molar-refractivity contribution is 14.0. The normalized spacial score (nSPS) is 17.9. The molecule has 3 heterocycles. The van der Waals surface area contributed by atoms with E-state index in [1.165, 1.54) is 12.0 Å². The number of nitrogens with zero attached hydrogens (tertiary/aromatic N) is 5. The Hall–Kier alpha value is -1.16. The topological polar surface area (TPSA) is 58.3 Å². The smallest absolute Gasteiger partial charge is 0.194 e. The van der Waals surface area contributed by atoms with Crippen molar-refractivity contribution >= 4 is 41.3 Å². The SMILES string of the molecule is CN=C(NCc1nc(C(C)(C)C)cs1)N1CCC(Cc2cnn(C)c2)C1.I. The van der Waals surface area contributed by atoms with Crippen LogP contribution in [0.3, 0.4) is 0 Å². The molecule has 1 aliphatic heterocycles. The fourth-order valence-corrected chi connectivity index (χ4v) is 4.29. The fraction of sp³-hybridized carbons (Fsp3) is 0.632. The number of hydrogen-bond donors (Lipinski definition) is 1. The minimum atomic E-state index is 0. The quantitative estimate of drug-likeness (QED) is 0.396. The summed E-state index contributed by atoms with van der Waals surface area (Å²) in [6.07, 6.45) is 6.37. The van der Waals surface area contributed by atoms with Gasteiger partial charge in [0.25, 0.3) is 0 Å². The van der Waals surface area contributed by atoms with Crippen LogP contribution in [0.5, 0.6) is 0 Å². The van der Waals surface area contributed by atoms with E-state index in [9.17, 15) is 0 Å². The Kier molecular flexibility index (Phi) is 7.67. The van der Waals surface area contributed by atoms with Gasteiger partial charge in [-0.3, -0.25) is 9.67 Å². The molecule has 6 nitrogen and oxygen atoms in total. The number of halogens is 1. The highest BCUT2D eigenvalue weighted by Gasteiger charge is 2.25. The van der Waals surface area contributed by atoms with Crippen LogP contribution in [0.2, 0.25) is 0 Å². The molecule has 2 aromatic heterocycles. The number of aryl methyl sites for hydroxylation is 1. The Bertz CT molecular complexity index is 760. The summed E-state index contributed by atoms with van der Waals surface area (Å²) in [4.78, 5) is 11.6. The Morgan fingerprint density at radius 1 is 1.41 bits per heavy atom. The van der Waals surface area contributed by atoms with E-state index in [2.05, 4.69) is 52.7 Å². The zero-order valence-corrected chi connectivity index (χ0v) is 20.0. The number of likely N-dealkylation sites (tertiary alicyclic amines) is 1. The van der Waals surface area contributed by atoms with Gasteiger partial charge in [0.05, 0.1) is 18.4 Å². The average Bonchev–Trinajstić information content (AvgIpc) is 3.29. The highest BCUT2D eigenvalue weighted by Crippen LogP contribution is 2.24. The van der Waals surface area contributed by atoms with E-state index in [1.807, 2.05) is 25.0 Å². The van der Waals surface area contributed by atoms with Crippen molar-refractivity contribution in [2.24, 2.45) is 18.0 Å². The molecule has 0 radical (unpaired) electrons. The molecule has 8 heteroatoms. The molecule has 2 aromatic rings. The highest BCUT2D eigenvalue weighted by atomic mass is 127. The van der Waals surface area contributed by atoms with Gasteiger partial charge < -0.3 is 10.2 Å². The average molecular weight is 502 g/mol.